The van der Waals surface area contributed by atoms with Crippen LogP contribution in [0, 0.1) is 10.1 Å². The van der Waals surface area contributed by atoms with Crippen LogP contribution in [0.25, 0.3) is 22.2 Å². The first-order valence-electron chi connectivity index (χ1n) is 9.80. The lowest BCUT2D eigenvalue weighted by Crippen LogP contribution is -2.16. The molecule has 1 atom stereocenters. The van der Waals surface area contributed by atoms with Crippen molar-refractivity contribution >= 4 is 38.4 Å². The third kappa shape index (κ3) is 4.51. The molecular formula is C24H20BrN3O3. The zero-order chi connectivity index (χ0) is 21.8. The molecule has 0 aliphatic heterocycles. The van der Waals surface area contributed by atoms with Gasteiger partial charge < -0.3 is 10.3 Å². The van der Waals surface area contributed by atoms with Crippen LogP contribution in [0.15, 0.2) is 78.9 Å². The van der Waals surface area contributed by atoms with E-state index in [9.17, 15) is 14.9 Å². The molecule has 1 amide bonds. The number of aromatic nitrogens is 1. The lowest BCUT2D eigenvalue weighted by atomic mass is 9.87. The Labute approximate surface area is 187 Å². The number of halogens is 1. The average Bonchev–Trinajstić information content (AvgIpc) is 3.17. The van der Waals surface area contributed by atoms with Crippen molar-refractivity contribution in [2.24, 2.45) is 0 Å². The van der Waals surface area contributed by atoms with E-state index in [0.29, 0.717) is 5.69 Å². The van der Waals surface area contributed by atoms with Crippen LogP contribution in [0.2, 0.25) is 0 Å². The van der Waals surface area contributed by atoms with Gasteiger partial charge in [0.15, 0.2) is 0 Å². The fourth-order valence-electron chi connectivity index (χ4n) is 3.90. The number of aromatic amines is 1. The quantitative estimate of drug-likeness (QED) is 0.207. The van der Waals surface area contributed by atoms with Gasteiger partial charge in [0, 0.05) is 21.5 Å². The Morgan fingerprint density at radius 3 is 2.52 bits per heavy atom. The lowest BCUT2D eigenvalue weighted by molar-refractivity contribution is -0.481. The Morgan fingerprint density at radius 1 is 1.03 bits per heavy atom. The van der Waals surface area contributed by atoms with Gasteiger partial charge in [-0.15, -0.1) is 0 Å². The highest BCUT2D eigenvalue weighted by Gasteiger charge is 2.27. The molecule has 6 nitrogen and oxygen atoms in total. The summed E-state index contributed by atoms with van der Waals surface area (Å²) in [5.74, 6) is -0.678. The molecule has 156 valence electrons. The van der Waals surface area contributed by atoms with E-state index in [-0.39, 0.29) is 22.7 Å². The smallest absolute Gasteiger partial charge is 0.235 e. The summed E-state index contributed by atoms with van der Waals surface area (Å²) in [7, 11) is 0. The van der Waals surface area contributed by atoms with Crippen molar-refractivity contribution in [3.05, 3.63) is 100 Å². The first kappa shape index (κ1) is 20.8. The van der Waals surface area contributed by atoms with E-state index in [2.05, 4.69) is 26.2 Å². The van der Waals surface area contributed by atoms with Crippen molar-refractivity contribution in [3.8, 4) is 11.3 Å². The van der Waals surface area contributed by atoms with E-state index in [1.165, 1.54) is 0 Å². The number of fused-ring (bicyclic) bond motifs is 1. The Kier molecular flexibility index (Phi) is 6.13. The van der Waals surface area contributed by atoms with Crippen molar-refractivity contribution in [1.82, 2.24) is 4.98 Å². The molecule has 2 N–H and O–H groups in total. The van der Waals surface area contributed by atoms with Crippen LogP contribution in [0.5, 0.6) is 0 Å². The molecule has 1 unspecified atom stereocenters. The molecule has 4 aromatic rings. The van der Waals surface area contributed by atoms with Crippen LogP contribution in [-0.2, 0) is 4.79 Å². The number of anilines is 1. The Morgan fingerprint density at radius 2 is 1.77 bits per heavy atom. The van der Waals surface area contributed by atoms with Gasteiger partial charge in [-0.25, -0.2) is 0 Å². The fourth-order valence-corrected chi connectivity index (χ4v) is 4.04. The van der Waals surface area contributed by atoms with Crippen molar-refractivity contribution in [2.75, 3.05) is 17.2 Å². The summed E-state index contributed by atoms with van der Waals surface area (Å²) in [6.07, 6.45) is 0. The van der Waals surface area contributed by atoms with Crippen LogP contribution in [0.4, 0.5) is 5.69 Å². The molecule has 0 radical (unpaired) electrons. The van der Waals surface area contributed by atoms with E-state index in [1.807, 2.05) is 72.8 Å². The predicted molar refractivity (Wildman–Crippen MR) is 126 cm³/mol. The summed E-state index contributed by atoms with van der Waals surface area (Å²) in [6, 6.07) is 24.9. The number of amides is 1. The Bertz CT molecular complexity index is 1240. The highest BCUT2D eigenvalue weighted by atomic mass is 79.9. The number of nitrogens with one attached hydrogen (secondary N) is 2. The molecule has 0 saturated carbocycles. The fraction of sp³-hybridized carbons (Fsp3) is 0.125. The second kappa shape index (κ2) is 9.14. The number of hydrogen-bond acceptors (Lipinski definition) is 3. The molecule has 7 heteroatoms. The number of para-hydroxylation sites is 1. The molecule has 0 saturated heterocycles. The van der Waals surface area contributed by atoms with Crippen molar-refractivity contribution in [2.45, 2.75) is 5.92 Å². The molecule has 1 aromatic heterocycles. The molecule has 31 heavy (non-hydrogen) atoms. The lowest BCUT2D eigenvalue weighted by Gasteiger charge is -2.17. The van der Waals surface area contributed by atoms with E-state index < -0.39 is 5.92 Å². The molecule has 0 bridgehead atoms. The van der Waals surface area contributed by atoms with Gasteiger partial charge in [-0.05, 0) is 34.9 Å². The number of benzene rings is 3. The molecule has 0 fully saturated rings. The van der Waals surface area contributed by atoms with Gasteiger partial charge in [0.2, 0.25) is 12.5 Å². The van der Waals surface area contributed by atoms with Gasteiger partial charge in [-0.1, -0.05) is 76.6 Å². The molecule has 0 aliphatic carbocycles. The summed E-state index contributed by atoms with van der Waals surface area (Å²) in [4.78, 5) is 26.7. The van der Waals surface area contributed by atoms with Gasteiger partial charge in [0.1, 0.15) is 0 Å². The summed E-state index contributed by atoms with van der Waals surface area (Å²) in [6.45, 7) is -0.266. The third-order valence-corrected chi connectivity index (χ3v) is 5.69. The second-order valence-electron chi connectivity index (χ2n) is 7.20. The zero-order valence-electron chi connectivity index (χ0n) is 16.5. The molecular weight excluding hydrogens is 458 g/mol. The summed E-state index contributed by atoms with van der Waals surface area (Å²) in [5, 5.41) is 15.6. The second-order valence-corrected chi connectivity index (χ2v) is 7.76. The summed E-state index contributed by atoms with van der Waals surface area (Å²) in [5.41, 5.74) is 5.01. The van der Waals surface area contributed by atoms with Crippen LogP contribution in [0.3, 0.4) is 0 Å². The number of carbonyl (C=O) groups is 1. The molecule has 0 spiro atoms. The molecule has 3 aromatic carbocycles. The van der Waals surface area contributed by atoms with Gasteiger partial charge in [0.25, 0.3) is 0 Å². The minimum absolute atomic E-state index is 0.177. The van der Waals surface area contributed by atoms with Crippen LogP contribution < -0.4 is 5.32 Å². The number of nitrogens with zero attached hydrogens (tertiary/aromatic N) is 1. The highest BCUT2D eigenvalue weighted by molar-refractivity contribution is 9.09. The van der Waals surface area contributed by atoms with Crippen molar-refractivity contribution in [3.63, 3.8) is 0 Å². The normalized spacial score (nSPS) is 11.9. The number of carbonyl (C=O) groups excluding carboxylic acids is 1. The Hall–Kier alpha value is -3.45. The first-order chi connectivity index (χ1) is 15.1. The van der Waals surface area contributed by atoms with E-state index in [4.69, 9.17) is 0 Å². The first-order valence-corrected chi connectivity index (χ1v) is 10.9. The number of hydrogen-bond donors (Lipinski definition) is 2. The number of H-pyrrole nitrogens is 1. The number of alkyl halides is 1. The SMILES string of the molecule is O=C(CBr)Nc1cccc(C(C[N+](=O)[O-])c2c(-c3ccccc3)[nH]c3ccccc23)c1. The van der Waals surface area contributed by atoms with Gasteiger partial charge >= 0.3 is 0 Å². The maximum absolute atomic E-state index is 11.8. The maximum atomic E-state index is 11.8. The van der Waals surface area contributed by atoms with Crippen LogP contribution in [-0.4, -0.2) is 27.7 Å². The maximum Gasteiger partial charge on any atom is 0.235 e. The number of rotatable bonds is 7. The van der Waals surface area contributed by atoms with E-state index in [0.717, 1.165) is 33.3 Å². The number of nitro groups is 1. The monoisotopic (exact) mass is 477 g/mol. The molecule has 1 heterocycles. The summed E-state index contributed by atoms with van der Waals surface area (Å²) < 4.78 is 0. The van der Waals surface area contributed by atoms with Crippen molar-refractivity contribution in [1.29, 1.82) is 0 Å². The minimum Gasteiger partial charge on any atom is -0.354 e. The predicted octanol–water partition coefficient (Wildman–Crippen LogP) is 5.58. The van der Waals surface area contributed by atoms with Crippen LogP contribution >= 0.6 is 15.9 Å². The van der Waals surface area contributed by atoms with E-state index >= 15 is 0 Å². The van der Waals surface area contributed by atoms with Crippen LogP contribution in [0.1, 0.15) is 17.0 Å². The summed E-state index contributed by atoms with van der Waals surface area (Å²) >= 11 is 3.14. The van der Waals surface area contributed by atoms with E-state index in [1.54, 1.807) is 6.07 Å². The third-order valence-electron chi connectivity index (χ3n) is 5.18. The highest BCUT2D eigenvalue weighted by Crippen LogP contribution is 2.39. The van der Waals surface area contributed by atoms with Gasteiger partial charge in [0.05, 0.1) is 16.9 Å². The topological polar surface area (TPSA) is 88.0 Å². The van der Waals surface area contributed by atoms with Crippen molar-refractivity contribution < 1.29 is 9.72 Å². The Balaban J connectivity index is 1.91. The standard InChI is InChI=1S/C24H20BrN3O3/c25-14-22(29)26-18-10-6-9-17(13-18)20(15-28(30)31)23-19-11-4-5-12-21(19)27-24(23)16-7-2-1-3-8-16/h1-13,20,27H,14-15H2,(H,26,29). The average molecular weight is 478 g/mol. The zero-order valence-corrected chi connectivity index (χ0v) is 18.1. The minimum atomic E-state index is -0.498. The molecule has 0 aliphatic rings. The van der Waals surface area contributed by atoms with Gasteiger partial charge in [-0.2, -0.15) is 0 Å². The largest absolute Gasteiger partial charge is 0.354 e. The molecule has 4 rings (SSSR count). The van der Waals surface area contributed by atoms with Gasteiger partial charge in [-0.3, -0.25) is 14.9 Å².